The van der Waals surface area contributed by atoms with Gasteiger partial charge in [-0.25, -0.2) is 18.2 Å². The Kier molecular flexibility index (Phi) is 5.96. The number of carboxylic acids is 1. The minimum absolute atomic E-state index is 0.0343. The lowest BCUT2D eigenvalue weighted by molar-refractivity contribution is -0.117. The molecule has 9 heteroatoms. The van der Waals surface area contributed by atoms with Gasteiger partial charge in [0.05, 0.1) is 17.1 Å². The Morgan fingerprint density at radius 1 is 1.35 bits per heavy atom. The summed E-state index contributed by atoms with van der Waals surface area (Å²) >= 11 is 1.05. The number of carbonyl (C=O) groups excluding carboxylic acids is 1. The second-order valence-electron chi connectivity index (χ2n) is 3.88. The second-order valence-corrected chi connectivity index (χ2v) is 7.27. The van der Waals surface area contributed by atoms with Crippen LogP contribution >= 0.6 is 11.8 Å². The van der Waals surface area contributed by atoms with Crippen LogP contribution in [0, 0.1) is 0 Å². The third-order valence-electron chi connectivity index (χ3n) is 2.29. The van der Waals surface area contributed by atoms with Crippen molar-refractivity contribution >= 4 is 33.5 Å². The number of carbonyl (C=O) groups is 2. The summed E-state index contributed by atoms with van der Waals surface area (Å²) in [6.45, 7) is 0. The molecule has 1 heterocycles. The lowest BCUT2D eigenvalue weighted by Gasteiger charge is -2.05. The third kappa shape index (κ3) is 5.57. The highest BCUT2D eigenvalue weighted by Crippen LogP contribution is 2.20. The van der Waals surface area contributed by atoms with Crippen molar-refractivity contribution in [2.24, 2.45) is 5.73 Å². The van der Waals surface area contributed by atoms with Crippen LogP contribution in [0.25, 0.3) is 0 Å². The molecule has 3 N–H and O–H groups in total. The predicted octanol–water partition coefficient (Wildman–Crippen LogP) is 0.162. The summed E-state index contributed by atoms with van der Waals surface area (Å²) in [4.78, 5) is 25.4. The smallest absolute Gasteiger partial charge is 0.338 e. The molecule has 0 saturated carbocycles. The molecule has 0 fully saturated rings. The monoisotopic (exact) mass is 318 g/mol. The maximum absolute atomic E-state index is 11.6. The second kappa shape index (κ2) is 7.25. The Bertz CT molecular complexity index is 601. The SMILES string of the molecule is NC(=O)CCS(=O)(=O)CCSc1ncccc1C(=O)O. The van der Waals surface area contributed by atoms with Crippen LogP contribution in [0.5, 0.6) is 0 Å². The summed E-state index contributed by atoms with van der Waals surface area (Å²) in [6.07, 6.45) is 1.23. The first-order valence-corrected chi connectivity index (χ1v) is 8.42. The summed E-state index contributed by atoms with van der Waals surface area (Å²) in [5, 5.41) is 9.22. The predicted molar refractivity (Wildman–Crippen MR) is 74.4 cm³/mol. The molecule has 1 rings (SSSR count). The molecule has 0 atom stereocenters. The van der Waals surface area contributed by atoms with Gasteiger partial charge < -0.3 is 10.8 Å². The largest absolute Gasteiger partial charge is 0.478 e. The fourth-order valence-corrected chi connectivity index (χ4v) is 4.00. The van der Waals surface area contributed by atoms with E-state index < -0.39 is 21.7 Å². The number of hydrogen-bond donors (Lipinski definition) is 2. The van der Waals surface area contributed by atoms with E-state index in [1.54, 1.807) is 0 Å². The molecular weight excluding hydrogens is 304 g/mol. The number of thioether (sulfide) groups is 1. The van der Waals surface area contributed by atoms with Crippen molar-refractivity contribution in [2.45, 2.75) is 11.4 Å². The van der Waals surface area contributed by atoms with Crippen LogP contribution in [0.1, 0.15) is 16.8 Å². The van der Waals surface area contributed by atoms with E-state index in [0.29, 0.717) is 0 Å². The molecule has 1 amide bonds. The van der Waals surface area contributed by atoms with E-state index in [1.165, 1.54) is 18.3 Å². The molecule has 0 aromatic carbocycles. The molecule has 0 aliphatic rings. The standard InChI is InChI=1S/C11H14N2O5S2/c12-9(14)3-6-20(17,18)7-5-19-10-8(11(15)16)2-1-4-13-10/h1-2,4H,3,5-7H2,(H2,12,14)(H,15,16). The van der Waals surface area contributed by atoms with E-state index in [2.05, 4.69) is 4.98 Å². The summed E-state index contributed by atoms with van der Waals surface area (Å²) < 4.78 is 23.2. The van der Waals surface area contributed by atoms with Crippen molar-refractivity contribution in [1.82, 2.24) is 4.98 Å². The Morgan fingerprint density at radius 3 is 2.65 bits per heavy atom. The molecule has 0 aliphatic carbocycles. The van der Waals surface area contributed by atoms with Crippen LogP contribution in [-0.4, -0.2) is 47.6 Å². The van der Waals surface area contributed by atoms with Gasteiger partial charge in [-0.1, -0.05) is 0 Å². The minimum Gasteiger partial charge on any atom is -0.478 e. The molecule has 110 valence electrons. The molecule has 1 aromatic heterocycles. The van der Waals surface area contributed by atoms with Gasteiger partial charge in [-0.3, -0.25) is 4.79 Å². The lowest BCUT2D eigenvalue weighted by Crippen LogP contribution is -2.19. The maximum Gasteiger partial charge on any atom is 0.338 e. The number of hydrogen-bond acceptors (Lipinski definition) is 6. The van der Waals surface area contributed by atoms with Crippen LogP contribution in [0.4, 0.5) is 0 Å². The molecule has 1 aromatic rings. The summed E-state index contributed by atoms with van der Waals surface area (Å²) in [7, 11) is -3.38. The zero-order valence-corrected chi connectivity index (χ0v) is 12.1. The number of amides is 1. The van der Waals surface area contributed by atoms with Crippen molar-refractivity contribution in [2.75, 3.05) is 17.3 Å². The van der Waals surface area contributed by atoms with Crippen molar-refractivity contribution in [1.29, 1.82) is 0 Å². The highest BCUT2D eigenvalue weighted by Gasteiger charge is 2.15. The van der Waals surface area contributed by atoms with Gasteiger partial charge >= 0.3 is 5.97 Å². The fourth-order valence-electron chi connectivity index (χ4n) is 1.29. The Hall–Kier alpha value is -1.61. The number of carboxylic acid groups (broad SMARTS) is 1. The molecule has 0 bridgehead atoms. The van der Waals surface area contributed by atoms with Gasteiger partial charge in [-0.05, 0) is 12.1 Å². The van der Waals surface area contributed by atoms with Gasteiger partial charge in [0.1, 0.15) is 5.03 Å². The van der Waals surface area contributed by atoms with E-state index in [4.69, 9.17) is 10.8 Å². The molecule has 20 heavy (non-hydrogen) atoms. The zero-order valence-electron chi connectivity index (χ0n) is 10.5. The fraction of sp³-hybridized carbons (Fsp3) is 0.364. The third-order valence-corrected chi connectivity index (χ3v) is 5.21. The zero-order chi connectivity index (χ0) is 15.2. The normalized spacial score (nSPS) is 11.2. The lowest BCUT2D eigenvalue weighted by atomic mass is 10.3. The summed E-state index contributed by atoms with van der Waals surface area (Å²) in [5.41, 5.74) is 4.92. The van der Waals surface area contributed by atoms with Gasteiger partial charge in [0.2, 0.25) is 5.91 Å². The highest BCUT2D eigenvalue weighted by atomic mass is 32.2. The van der Waals surface area contributed by atoms with Crippen molar-refractivity contribution < 1.29 is 23.1 Å². The number of aromatic nitrogens is 1. The topological polar surface area (TPSA) is 127 Å². The quantitative estimate of drug-likeness (QED) is 0.653. The number of nitrogens with zero attached hydrogens (tertiary/aromatic N) is 1. The minimum atomic E-state index is -3.38. The first-order valence-electron chi connectivity index (χ1n) is 5.61. The van der Waals surface area contributed by atoms with Crippen molar-refractivity contribution in [3.8, 4) is 0 Å². The Labute approximate surface area is 120 Å². The van der Waals surface area contributed by atoms with Crippen molar-refractivity contribution in [3.63, 3.8) is 0 Å². The molecule has 7 nitrogen and oxygen atoms in total. The van der Waals surface area contributed by atoms with Crippen molar-refractivity contribution in [3.05, 3.63) is 23.9 Å². The van der Waals surface area contributed by atoms with E-state index in [9.17, 15) is 18.0 Å². The molecular formula is C11H14N2O5S2. The van der Waals surface area contributed by atoms with E-state index in [1.807, 2.05) is 0 Å². The van der Waals surface area contributed by atoms with Crippen LogP contribution < -0.4 is 5.73 Å². The molecule has 0 radical (unpaired) electrons. The first kappa shape index (κ1) is 16.4. The first-order chi connectivity index (χ1) is 9.32. The number of primary amides is 1. The van der Waals surface area contributed by atoms with Crippen LogP contribution in [0.3, 0.4) is 0 Å². The van der Waals surface area contributed by atoms with E-state index in [-0.39, 0.29) is 34.3 Å². The van der Waals surface area contributed by atoms with E-state index in [0.717, 1.165) is 11.8 Å². The molecule has 0 unspecified atom stereocenters. The van der Waals surface area contributed by atoms with Crippen LogP contribution in [0.15, 0.2) is 23.4 Å². The summed E-state index contributed by atoms with van der Waals surface area (Å²) in [5.74, 6) is -2.08. The Morgan fingerprint density at radius 2 is 2.05 bits per heavy atom. The molecule has 0 spiro atoms. The van der Waals surface area contributed by atoms with Gasteiger partial charge in [0.25, 0.3) is 0 Å². The number of aromatic carboxylic acids is 1. The average Bonchev–Trinajstić information content (AvgIpc) is 2.37. The van der Waals surface area contributed by atoms with Crippen LogP contribution in [-0.2, 0) is 14.6 Å². The number of rotatable bonds is 8. The number of pyridine rings is 1. The average molecular weight is 318 g/mol. The molecule has 0 saturated heterocycles. The highest BCUT2D eigenvalue weighted by molar-refractivity contribution is 8.00. The van der Waals surface area contributed by atoms with Gasteiger partial charge in [-0.2, -0.15) is 0 Å². The van der Waals surface area contributed by atoms with Gasteiger partial charge in [0.15, 0.2) is 9.84 Å². The summed E-state index contributed by atoms with van der Waals surface area (Å²) in [6, 6.07) is 2.90. The van der Waals surface area contributed by atoms with Crippen LogP contribution in [0.2, 0.25) is 0 Å². The maximum atomic E-state index is 11.6. The van der Waals surface area contributed by atoms with Gasteiger partial charge in [-0.15, -0.1) is 11.8 Å². The Balaban J connectivity index is 2.57. The van der Waals surface area contributed by atoms with Gasteiger partial charge in [0, 0.05) is 18.4 Å². The molecule has 0 aliphatic heterocycles. The number of nitrogens with two attached hydrogens (primary N) is 1. The van der Waals surface area contributed by atoms with E-state index >= 15 is 0 Å². The number of sulfone groups is 1.